The van der Waals surface area contributed by atoms with Crippen molar-refractivity contribution >= 4 is 39.2 Å². The van der Waals surface area contributed by atoms with Gasteiger partial charge in [-0.3, -0.25) is 4.72 Å². The second kappa shape index (κ2) is 9.43. The molecule has 1 heterocycles. The van der Waals surface area contributed by atoms with Crippen molar-refractivity contribution in [3.05, 3.63) is 63.9 Å². The molecule has 0 atom stereocenters. The average molecular weight is 505 g/mol. The van der Waals surface area contributed by atoms with Crippen molar-refractivity contribution in [1.29, 1.82) is 5.26 Å². The lowest BCUT2D eigenvalue weighted by molar-refractivity contribution is 0.301. The second-order valence-electron chi connectivity index (χ2n) is 7.28. The SMILES string of the molecule is CS(=O)(=O)Nc1nccc(COc2ccc3c(c2)-c2c(cc(C#N)c(OCCCl)c2Cl)C3)n1. The van der Waals surface area contributed by atoms with Crippen LogP contribution in [0.25, 0.3) is 11.1 Å². The Morgan fingerprint density at radius 3 is 2.76 bits per heavy atom. The van der Waals surface area contributed by atoms with Crippen LogP contribution in [0.15, 0.2) is 36.5 Å². The number of hydrogen-bond donors (Lipinski definition) is 1. The third-order valence-corrected chi connectivity index (χ3v) is 5.92. The lowest BCUT2D eigenvalue weighted by Gasteiger charge is -2.13. The van der Waals surface area contributed by atoms with E-state index in [-0.39, 0.29) is 25.0 Å². The summed E-state index contributed by atoms with van der Waals surface area (Å²) in [7, 11) is -3.48. The van der Waals surface area contributed by atoms with E-state index < -0.39 is 10.0 Å². The van der Waals surface area contributed by atoms with E-state index in [0.717, 1.165) is 28.5 Å². The summed E-state index contributed by atoms with van der Waals surface area (Å²) in [5, 5.41) is 9.88. The molecule has 0 unspecified atom stereocenters. The summed E-state index contributed by atoms with van der Waals surface area (Å²) in [6.07, 6.45) is 3.12. The number of ether oxygens (including phenoxy) is 2. The summed E-state index contributed by atoms with van der Waals surface area (Å²) in [5.74, 6) is 1.16. The maximum atomic E-state index is 11.4. The molecule has 1 N–H and O–H groups in total. The van der Waals surface area contributed by atoms with Gasteiger partial charge in [-0.1, -0.05) is 17.7 Å². The van der Waals surface area contributed by atoms with E-state index in [9.17, 15) is 13.7 Å². The van der Waals surface area contributed by atoms with Gasteiger partial charge in [-0.05, 0) is 47.4 Å². The standard InChI is InChI=1S/C22H18Cl2N4O4S/c1-33(29,30)28-22-26-6-4-16(27-22)12-32-17-3-2-13-8-14-9-15(11-25)21(31-7-5-23)20(24)19(14)18(13)10-17/h2-4,6,9-10H,5,7-8,12H2,1H3,(H,26,27,28). The van der Waals surface area contributed by atoms with Gasteiger partial charge in [0.05, 0.1) is 28.4 Å². The maximum absolute atomic E-state index is 11.4. The van der Waals surface area contributed by atoms with Crippen molar-refractivity contribution in [2.45, 2.75) is 13.0 Å². The van der Waals surface area contributed by atoms with Gasteiger partial charge in [-0.2, -0.15) is 5.26 Å². The minimum atomic E-state index is -3.48. The van der Waals surface area contributed by atoms with Gasteiger partial charge in [-0.25, -0.2) is 18.4 Å². The number of rotatable bonds is 8. The summed E-state index contributed by atoms with van der Waals surface area (Å²) < 4.78 is 36.5. The van der Waals surface area contributed by atoms with Crippen LogP contribution in [0.4, 0.5) is 5.95 Å². The van der Waals surface area contributed by atoms with E-state index in [1.54, 1.807) is 12.1 Å². The zero-order valence-electron chi connectivity index (χ0n) is 17.4. The van der Waals surface area contributed by atoms with E-state index >= 15 is 0 Å². The molecular weight excluding hydrogens is 487 g/mol. The number of nitrogens with zero attached hydrogens (tertiary/aromatic N) is 3. The molecule has 1 aliphatic carbocycles. The summed E-state index contributed by atoms with van der Waals surface area (Å²) >= 11 is 12.4. The molecular formula is C22H18Cl2N4O4S. The molecule has 4 rings (SSSR count). The average Bonchev–Trinajstić information content (AvgIpc) is 3.14. The van der Waals surface area contributed by atoms with Crippen molar-refractivity contribution in [2.75, 3.05) is 23.5 Å². The van der Waals surface area contributed by atoms with Crippen LogP contribution < -0.4 is 14.2 Å². The van der Waals surface area contributed by atoms with E-state index in [0.29, 0.717) is 34.2 Å². The molecule has 0 saturated carbocycles. The van der Waals surface area contributed by atoms with Crippen molar-refractivity contribution in [2.24, 2.45) is 0 Å². The minimum absolute atomic E-state index is 0.0222. The van der Waals surface area contributed by atoms with Crippen LogP contribution in [-0.4, -0.2) is 37.1 Å². The highest BCUT2D eigenvalue weighted by atomic mass is 35.5. The maximum Gasteiger partial charge on any atom is 0.236 e. The van der Waals surface area contributed by atoms with Crippen molar-refractivity contribution in [3.63, 3.8) is 0 Å². The molecule has 0 saturated heterocycles. The number of hydrogen-bond acceptors (Lipinski definition) is 7. The summed E-state index contributed by atoms with van der Waals surface area (Å²) in [6.45, 7) is 0.345. The summed E-state index contributed by atoms with van der Waals surface area (Å²) in [6, 6.07) is 11.2. The number of benzene rings is 2. The molecule has 1 aliphatic rings. The Kier molecular flexibility index (Phi) is 6.61. The molecule has 1 aromatic heterocycles. The van der Waals surface area contributed by atoms with Crippen LogP contribution in [-0.2, 0) is 23.1 Å². The van der Waals surface area contributed by atoms with E-state index in [1.807, 2.05) is 18.2 Å². The second-order valence-corrected chi connectivity index (χ2v) is 9.79. The minimum Gasteiger partial charge on any atom is -0.489 e. The zero-order chi connectivity index (χ0) is 23.6. The molecule has 0 amide bonds. The Bertz CT molecular complexity index is 1370. The monoisotopic (exact) mass is 504 g/mol. The Labute approximate surface area is 201 Å². The van der Waals surface area contributed by atoms with Crippen LogP contribution in [0.3, 0.4) is 0 Å². The third-order valence-electron chi connectivity index (χ3n) is 4.86. The Hall–Kier alpha value is -3.06. The predicted octanol–water partition coefficient (Wildman–Crippen LogP) is 4.14. The Balaban J connectivity index is 1.59. The number of nitrogens with one attached hydrogen (secondary N) is 1. The first-order chi connectivity index (χ1) is 15.8. The van der Waals surface area contributed by atoms with Gasteiger partial charge in [0, 0.05) is 11.8 Å². The van der Waals surface area contributed by atoms with Gasteiger partial charge in [0.2, 0.25) is 16.0 Å². The number of halogens is 2. The number of aromatic nitrogens is 2. The van der Waals surface area contributed by atoms with Crippen LogP contribution in [0, 0.1) is 11.3 Å². The van der Waals surface area contributed by atoms with Crippen molar-refractivity contribution in [1.82, 2.24) is 9.97 Å². The molecule has 0 spiro atoms. The van der Waals surface area contributed by atoms with E-state index in [4.69, 9.17) is 32.7 Å². The van der Waals surface area contributed by atoms with E-state index in [2.05, 4.69) is 20.8 Å². The fourth-order valence-corrected chi connectivity index (χ4v) is 4.45. The highest BCUT2D eigenvalue weighted by Gasteiger charge is 2.26. The largest absolute Gasteiger partial charge is 0.489 e. The Morgan fingerprint density at radius 1 is 1.21 bits per heavy atom. The summed E-state index contributed by atoms with van der Waals surface area (Å²) in [5.41, 5.74) is 4.58. The zero-order valence-corrected chi connectivity index (χ0v) is 19.8. The van der Waals surface area contributed by atoms with Gasteiger partial charge in [0.15, 0.2) is 5.75 Å². The van der Waals surface area contributed by atoms with Crippen LogP contribution in [0.2, 0.25) is 5.02 Å². The smallest absolute Gasteiger partial charge is 0.236 e. The number of alkyl halides is 1. The molecule has 2 aromatic carbocycles. The summed E-state index contributed by atoms with van der Waals surface area (Å²) in [4.78, 5) is 8.04. The normalized spacial score (nSPS) is 11.9. The Morgan fingerprint density at radius 2 is 2.03 bits per heavy atom. The molecule has 170 valence electrons. The highest BCUT2D eigenvalue weighted by Crippen LogP contribution is 2.47. The molecule has 0 aliphatic heterocycles. The first-order valence-corrected chi connectivity index (χ1v) is 12.6. The lowest BCUT2D eigenvalue weighted by Crippen LogP contribution is -2.13. The first kappa shape index (κ1) is 23.1. The van der Waals surface area contributed by atoms with Crippen molar-refractivity contribution in [3.8, 4) is 28.7 Å². The van der Waals surface area contributed by atoms with Crippen LogP contribution >= 0.6 is 23.2 Å². The molecule has 0 bridgehead atoms. The number of sulfonamides is 1. The number of fused-ring (bicyclic) bond motifs is 3. The molecule has 11 heteroatoms. The van der Waals surface area contributed by atoms with Gasteiger partial charge in [0.1, 0.15) is 25.0 Å². The lowest BCUT2D eigenvalue weighted by atomic mass is 10.0. The fraction of sp³-hybridized carbons (Fsp3) is 0.227. The van der Waals surface area contributed by atoms with Gasteiger partial charge in [0.25, 0.3) is 0 Å². The topological polar surface area (TPSA) is 114 Å². The molecule has 0 radical (unpaired) electrons. The molecule has 0 fully saturated rings. The van der Waals surface area contributed by atoms with Crippen LogP contribution in [0.1, 0.15) is 22.4 Å². The highest BCUT2D eigenvalue weighted by molar-refractivity contribution is 7.91. The fourth-order valence-electron chi connectivity index (χ4n) is 3.57. The first-order valence-electron chi connectivity index (χ1n) is 9.79. The third kappa shape index (κ3) is 5.14. The van der Waals surface area contributed by atoms with Crippen LogP contribution in [0.5, 0.6) is 11.5 Å². The number of nitriles is 1. The molecule has 3 aromatic rings. The van der Waals surface area contributed by atoms with Crippen molar-refractivity contribution < 1.29 is 17.9 Å². The predicted molar refractivity (Wildman–Crippen MR) is 125 cm³/mol. The van der Waals surface area contributed by atoms with Gasteiger partial charge in [-0.15, -0.1) is 11.6 Å². The quantitative estimate of drug-likeness (QED) is 0.358. The molecule has 8 nitrogen and oxygen atoms in total. The number of anilines is 1. The van der Waals surface area contributed by atoms with E-state index in [1.165, 1.54) is 6.20 Å². The van der Waals surface area contributed by atoms with Gasteiger partial charge >= 0.3 is 0 Å². The van der Waals surface area contributed by atoms with Gasteiger partial charge < -0.3 is 9.47 Å². The molecule has 33 heavy (non-hydrogen) atoms.